The lowest BCUT2D eigenvalue weighted by Crippen LogP contribution is -2.46. The van der Waals surface area contributed by atoms with E-state index in [-0.39, 0.29) is 36.0 Å². The predicted molar refractivity (Wildman–Crippen MR) is 78.0 cm³/mol. The van der Waals surface area contributed by atoms with Crippen molar-refractivity contribution in [3.05, 3.63) is 0 Å². The van der Waals surface area contributed by atoms with Gasteiger partial charge in [0.2, 0.25) is 11.8 Å². The molecule has 2 atom stereocenters. The molecule has 0 saturated heterocycles. The van der Waals surface area contributed by atoms with Crippen molar-refractivity contribution in [1.82, 2.24) is 10.6 Å². The van der Waals surface area contributed by atoms with E-state index in [9.17, 15) is 14.4 Å². The quantitative estimate of drug-likeness (QED) is 0.569. The Morgan fingerprint density at radius 1 is 1.25 bits per heavy atom. The van der Waals surface area contributed by atoms with Gasteiger partial charge in [-0.05, 0) is 40.7 Å². The number of primary amides is 1. The fourth-order valence-electron chi connectivity index (χ4n) is 1.94. The van der Waals surface area contributed by atoms with Gasteiger partial charge in [0.05, 0.1) is 6.04 Å². The van der Waals surface area contributed by atoms with Crippen molar-refractivity contribution < 1.29 is 14.4 Å². The lowest BCUT2D eigenvalue weighted by atomic mass is 9.91. The molecular weight excluding hydrogens is 258 g/mol. The van der Waals surface area contributed by atoms with Crippen LogP contribution in [-0.2, 0) is 14.4 Å². The topological polar surface area (TPSA) is 101 Å². The third kappa shape index (κ3) is 7.23. The zero-order chi connectivity index (χ0) is 15.9. The normalized spacial score (nSPS) is 14.4. The highest BCUT2D eigenvalue weighted by Gasteiger charge is 2.26. The number of hydrogen-bond donors (Lipinski definition) is 3. The van der Waals surface area contributed by atoms with Crippen LogP contribution in [0.3, 0.4) is 0 Å². The van der Waals surface area contributed by atoms with Gasteiger partial charge in [-0.15, -0.1) is 0 Å². The number of ketones is 1. The smallest absolute Gasteiger partial charge is 0.223 e. The largest absolute Gasteiger partial charge is 0.370 e. The molecule has 0 radical (unpaired) electrons. The van der Waals surface area contributed by atoms with Crippen LogP contribution in [0.2, 0.25) is 0 Å². The number of rotatable bonds is 9. The molecule has 0 bridgehead atoms. The van der Waals surface area contributed by atoms with Crippen LogP contribution in [0.25, 0.3) is 0 Å². The maximum atomic E-state index is 12.1. The van der Waals surface area contributed by atoms with Crippen molar-refractivity contribution in [2.24, 2.45) is 11.7 Å². The lowest BCUT2D eigenvalue weighted by molar-refractivity contribution is -0.130. The molecule has 0 fully saturated rings. The highest BCUT2D eigenvalue weighted by molar-refractivity contribution is 5.88. The summed E-state index contributed by atoms with van der Waals surface area (Å²) >= 11 is 0. The Balaban J connectivity index is 4.52. The Morgan fingerprint density at radius 2 is 1.80 bits per heavy atom. The first-order valence-corrected chi connectivity index (χ1v) is 6.87. The molecule has 0 heterocycles. The predicted octanol–water partition coefficient (Wildman–Crippen LogP) is 0.350. The first-order chi connectivity index (χ1) is 9.09. The van der Waals surface area contributed by atoms with Crippen LogP contribution < -0.4 is 16.4 Å². The Labute approximate surface area is 120 Å². The van der Waals surface area contributed by atoms with Crippen molar-refractivity contribution in [2.45, 2.75) is 58.5 Å². The number of nitrogens with one attached hydrogen (secondary N) is 2. The second kappa shape index (κ2) is 7.99. The summed E-state index contributed by atoms with van der Waals surface area (Å²) in [5, 5.41) is 5.83. The molecule has 0 rings (SSSR count). The minimum Gasteiger partial charge on any atom is -0.370 e. The molecule has 0 aromatic carbocycles. The average molecular weight is 285 g/mol. The Bertz CT molecular complexity index is 367. The standard InChI is InChI=1S/C14H27N3O3/c1-9(8-14(3,4)16-5)13(20)17-11(10(2)18)6-7-12(15)19/h9,11,16H,6-8H2,1-5H3,(H2,15,19)(H,17,20). The van der Waals surface area contributed by atoms with Crippen LogP contribution in [0.15, 0.2) is 0 Å². The molecule has 116 valence electrons. The Morgan fingerprint density at radius 3 is 2.20 bits per heavy atom. The van der Waals surface area contributed by atoms with Gasteiger partial charge in [0.25, 0.3) is 0 Å². The Kier molecular flexibility index (Phi) is 7.42. The van der Waals surface area contributed by atoms with Crippen LogP contribution in [0.4, 0.5) is 0 Å². The molecule has 20 heavy (non-hydrogen) atoms. The minimum atomic E-state index is -0.643. The molecule has 6 heteroatoms. The third-order valence-corrected chi connectivity index (χ3v) is 3.43. The van der Waals surface area contributed by atoms with Crippen LogP contribution >= 0.6 is 0 Å². The molecule has 0 aliphatic heterocycles. The number of amides is 2. The summed E-state index contributed by atoms with van der Waals surface area (Å²) in [6.07, 6.45) is 0.981. The van der Waals surface area contributed by atoms with Gasteiger partial charge in [0.15, 0.2) is 5.78 Å². The molecule has 4 N–H and O–H groups in total. The van der Waals surface area contributed by atoms with E-state index < -0.39 is 11.9 Å². The molecule has 2 unspecified atom stereocenters. The molecule has 0 aliphatic rings. The summed E-state index contributed by atoms with van der Waals surface area (Å²) in [6, 6.07) is -0.643. The van der Waals surface area contributed by atoms with Gasteiger partial charge in [-0.3, -0.25) is 14.4 Å². The number of hydrogen-bond acceptors (Lipinski definition) is 4. The summed E-state index contributed by atoms with van der Waals surface area (Å²) in [5.74, 6) is -1.06. The summed E-state index contributed by atoms with van der Waals surface area (Å²) in [5.41, 5.74) is 4.90. The third-order valence-electron chi connectivity index (χ3n) is 3.43. The molecule has 2 amide bonds. The van der Waals surface area contributed by atoms with Gasteiger partial charge >= 0.3 is 0 Å². The van der Waals surface area contributed by atoms with Crippen molar-refractivity contribution in [3.63, 3.8) is 0 Å². The molecule has 0 saturated carbocycles. The molecule has 6 nitrogen and oxygen atoms in total. The summed E-state index contributed by atoms with van der Waals surface area (Å²) in [4.78, 5) is 34.3. The summed E-state index contributed by atoms with van der Waals surface area (Å²) < 4.78 is 0. The lowest BCUT2D eigenvalue weighted by Gasteiger charge is -2.28. The maximum absolute atomic E-state index is 12.1. The molecule has 0 aromatic heterocycles. The van der Waals surface area contributed by atoms with E-state index in [2.05, 4.69) is 10.6 Å². The van der Waals surface area contributed by atoms with E-state index in [1.54, 1.807) is 0 Å². The van der Waals surface area contributed by atoms with Gasteiger partial charge in [-0.2, -0.15) is 0 Å². The van der Waals surface area contributed by atoms with Crippen LogP contribution in [0.1, 0.15) is 47.0 Å². The fourth-order valence-corrected chi connectivity index (χ4v) is 1.94. The maximum Gasteiger partial charge on any atom is 0.223 e. The first-order valence-electron chi connectivity index (χ1n) is 6.87. The van der Waals surface area contributed by atoms with Crippen molar-refractivity contribution in [1.29, 1.82) is 0 Å². The van der Waals surface area contributed by atoms with E-state index in [4.69, 9.17) is 5.73 Å². The summed E-state index contributed by atoms with van der Waals surface area (Å²) in [6.45, 7) is 7.23. The molecular formula is C14H27N3O3. The zero-order valence-electron chi connectivity index (χ0n) is 13.1. The first kappa shape index (κ1) is 18.6. The molecule has 0 aliphatic carbocycles. The highest BCUT2D eigenvalue weighted by Crippen LogP contribution is 2.16. The number of Topliss-reactive ketones (excluding diaryl/α,β-unsaturated/α-hetero) is 1. The van der Waals surface area contributed by atoms with Gasteiger partial charge < -0.3 is 16.4 Å². The second-order valence-corrected chi connectivity index (χ2v) is 5.92. The Hall–Kier alpha value is -1.43. The average Bonchev–Trinajstić information content (AvgIpc) is 2.32. The fraction of sp³-hybridized carbons (Fsp3) is 0.786. The number of nitrogens with two attached hydrogens (primary N) is 1. The van der Waals surface area contributed by atoms with Gasteiger partial charge in [0.1, 0.15) is 0 Å². The van der Waals surface area contributed by atoms with Crippen LogP contribution in [0, 0.1) is 5.92 Å². The van der Waals surface area contributed by atoms with Crippen molar-refractivity contribution in [2.75, 3.05) is 7.05 Å². The van der Waals surface area contributed by atoms with Crippen molar-refractivity contribution >= 4 is 17.6 Å². The van der Waals surface area contributed by atoms with Gasteiger partial charge in [-0.25, -0.2) is 0 Å². The van der Waals surface area contributed by atoms with Gasteiger partial charge in [0, 0.05) is 17.9 Å². The van der Waals surface area contributed by atoms with E-state index >= 15 is 0 Å². The minimum absolute atomic E-state index is 0.0842. The van der Waals surface area contributed by atoms with E-state index in [1.807, 2.05) is 27.8 Å². The van der Waals surface area contributed by atoms with Crippen LogP contribution in [0.5, 0.6) is 0 Å². The highest BCUT2D eigenvalue weighted by atomic mass is 16.2. The van der Waals surface area contributed by atoms with Crippen LogP contribution in [-0.4, -0.2) is 36.2 Å². The van der Waals surface area contributed by atoms with E-state index in [0.717, 1.165) is 0 Å². The second-order valence-electron chi connectivity index (χ2n) is 5.92. The van der Waals surface area contributed by atoms with Crippen molar-refractivity contribution in [3.8, 4) is 0 Å². The van der Waals surface area contributed by atoms with E-state index in [1.165, 1.54) is 6.92 Å². The molecule has 0 spiro atoms. The summed E-state index contributed by atoms with van der Waals surface area (Å²) in [7, 11) is 1.84. The monoisotopic (exact) mass is 285 g/mol. The SMILES string of the molecule is CNC(C)(C)CC(C)C(=O)NC(CCC(N)=O)C(C)=O. The number of carbonyl (C=O) groups excluding carboxylic acids is 3. The van der Waals surface area contributed by atoms with Gasteiger partial charge in [-0.1, -0.05) is 6.92 Å². The zero-order valence-corrected chi connectivity index (χ0v) is 13.1. The number of carbonyl (C=O) groups is 3. The van der Waals surface area contributed by atoms with E-state index in [0.29, 0.717) is 6.42 Å². The molecule has 0 aromatic rings.